The van der Waals surface area contributed by atoms with Gasteiger partial charge in [0.25, 0.3) is 0 Å². The fourth-order valence-corrected chi connectivity index (χ4v) is 6.00. The van der Waals surface area contributed by atoms with Crippen LogP contribution in [0.2, 0.25) is 0 Å². The molecule has 174 valence electrons. The Bertz CT molecular complexity index is 1490. The molecular weight excluding hydrogens is 454 g/mol. The molecule has 1 aliphatic heterocycles. The Hall–Kier alpha value is -3.56. The lowest BCUT2D eigenvalue weighted by Gasteiger charge is -2.24. The molecule has 0 saturated heterocycles. The van der Waals surface area contributed by atoms with Gasteiger partial charge in [-0.1, -0.05) is 78.4 Å². The van der Waals surface area contributed by atoms with Crippen molar-refractivity contribution in [2.75, 3.05) is 18.3 Å². The van der Waals surface area contributed by atoms with E-state index in [4.69, 9.17) is 16.3 Å². The highest BCUT2D eigenvalue weighted by atomic mass is 35.5. The normalized spacial score (nSPS) is 18.2. The van der Waals surface area contributed by atoms with Gasteiger partial charge in [0, 0.05) is 22.9 Å². The molecule has 0 bridgehead atoms. The summed E-state index contributed by atoms with van der Waals surface area (Å²) in [7, 11) is 1.71. The van der Waals surface area contributed by atoms with Gasteiger partial charge in [0.15, 0.2) is 0 Å². The number of allylic oxidation sites excluding steroid dienone is 1. The number of fused-ring (bicyclic) bond motifs is 3. The third-order valence-corrected chi connectivity index (χ3v) is 7.56. The lowest BCUT2D eigenvalue weighted by molar-refractivity contribution is -0.117. The number of hydrogen-bond donors (Lipinski definition) is 1. The van der Waals surface area contributed by atoms with Gasteiger partial charge in [-0.25, -0.2) is 0 Å². The van der Waals surface area contributed by atoms with Crippen molar-refractivity contribution < 1.29 is 9.53 Å². The van der Waals surface area contributed by atoms with E-state index in [0.29, 0.717) is 5.88 Å². The summed E-state index contributed by atoms with van der Waals surface area (Å²) in [6.07, 6.45) is 3.84. The molecule has 0 saturated carbocycles. The van der Waals surface area contributed by atoms with Crippen molar-refractivity contribution >= 4 is 40.0 Å². The maximum absolute atomic E-state index is 13.4. The Labute approximate surface area is 210 Å². The first-order valence-corrected chi connectivity index (χ1v) is 12.5. The summed E-state index contributed by atoms with van der Waals surface area (Å²) in [5, 5.41) is 5.43. The van der Waals surface area contributed by atoms with Crippen LogP contribution in [0.4, 0.5) is 5.69 Å². The summed E-state index contributed by atoms with van der Waals surface area (Å²) in [4.78, 5) is 13.4. The average Bonchev–Trinajstić information content (AvgIpc) is 3.39. The third kappa shape index (κ3) is 3.71. The SMILES string of the molecule is COc1ccc(CC2=Cc3ccccc3C2C2C(=O)Nc3ccc(CCCl)cc32)c2ccccc12. The summed E-state index contributed by atoms with van der Waals surface area (Å²) >= 11 is 6.03. The summed E-state index contributed by atoms with van der Waals surface area (Å²) in [5.41, 5.74) is 8.07. The van der Waals surface area contributed by atoms with Crippen LogP contribution in [0.3, 0.4) is 0 Å². The van der Waals surface area contributed by atoms with Crippen molar-refractivity contribution in [1.82, 2.24) is 0 Å². The number of alkyl halides is 1. The van der Waals surface area contributed by atoms with Crippen LogP contribution in [-0.4, -0.2) is 18.9 Å². The Morgan fingerprint density at radius 1 is 0.886 bits per heavy atom. The molecule has 1 heterocycles. The van der Waals surface area contributed by atoms with Crippen LogP contribution >= 0.6 is 11.6 Å². The van der Waals surface area contributed by atoms with Crippen molar-refractivity contribution in [1.29, 1.82) is 0 Å². The van der Waals surface area contributed by atoms with Crippen LogP contribution in [0.25, 0.3) is 16.8 Å². The molecule has 0 radical (unpaired) electrons. The van der Waals surface area contributed by atoms with E-state index in [1.54, 1.807) is 7.11 Å². The monoisotopic (exact) mass is 479 g/mol. The molecule has 4 aromatic rings. The standard InChI is InChI=1S/C31H26ClNO2/c1-35-28-13-11-21(23-7-4-5-9-25(23)28)18-22-17-20-6-2-3-8-24(20)29(22)30-26-16-19(14-15-32)10-12-27(26)33-31(30)34/h2-13,16-17,29-30H,14-15,18H2,1H3,(H,33,34). The number of carbonyl (C=O) groups excluding carboxylic acids is 1. The molecule has 6 rings (SSSR count). The first-order valence-electron chi connectivity index (χ1n) is 12.0. The highest BCUT2D eigenvalue weighted by Gasteiger charge is 2.42. The molecule has 1 N–H and O–H groups in total. The fourth-order valence-electron chi connectivity index (χ4n) is 5.79. The van der Waals surface area contributed by atoms with E-state index >= 15 is 0 Å². The molecule has 0 fully saturated rings. The van der Waals surface area contributed by atoms with Gasteiger partial charge < -0.3 is 10.1 Å². The Balaban J connectivity index is 1.45. The maximum atomic E-state index is 13.4. The second-order valence-electron chi connectivity index (χ2n) is 9.30. The van der Waals surface area contributed by atoms with Gasteiger partial charge in [0.1, 0.15) is 5.75 Å². The van der Waals surface area contributed by atoms with Crippen LogP contribution in [-0.2, 0) is 17.6 Å². The Morgan fingerprint density at radius 3 is 2.51 bits per heavy atom. The molecule has 2 aliphatic rings. The number of nitrogens with one attached hydrogen (secondary N) is 1. The Morgan fingerprint density at radius 2 is 1.69 bits per heavy atom. The maximum Gasteiger partial charge on any atom is 0.232 e. The van der Waals surface area contributed by atoms with Crippen molar-refractivity contribution in [3.63, 3.8) is 0 Å². The number of aryl methyl sites for hydroxylation is 1. The van der Waals surface area contributed by atoms with Gasteiger partial charge in [0.2, 0.25) is 5.91 Å². The Kier molecular flexibility index (Phi) is 5.58. The minimum atomic E-state index is -0.264. The third-order valence-electron chi connectivity index (χ3n) is 7.37. The topological polar surface area (TPSA) is 38.3 Å². The predicted molar refractivity (Wildman–Crippen MR) is 144 cm³/mol. The quantitative estimate of drug-likeness (QED) is 0.300. The molecule has 35 heavy (non-hydrogen) atoms. The lowest BCUT2D eigenvalue weighted by atomic mass is 9.77. The van der Waals surface area contributed by atoms with Gasteiger partial charge in [-0.2, -0.15) is 0 Å². The summed E-state index contributed by atoms with van der Waals surface area (Å²) in [6, 6.07) is 27.3. The zero-order valence-corrected chi connectivity index (χ0v) is 20.3. The summed E-state index contributed by atoms with van der Waals surface area (Å²) in [6.45, 7) is 0. The van der Waals surface area contributed by atoms with E-state index in [9.17, 15) is 4.79 Å². The van der Waals surface area contributed by atoms with Crippen LogP contribution in [0.5, 0.6) is 5.75 Å². The fraction of sp³-hybridized carbons (Fsp3) is 0.194. The number of rotatable bonds is 6. The molecule has 1 aliphatic carbocycles. The highest BCUT2D eigenvalue weighted by Crippen LogP contribution is 2.51. The zero-order chi connectivity index (χ0) is 23.9. The molecular formula is C31H26ClNO2. The van der Waals surface area contributed by atoms with E-state index in [1.165, 1.54) is 33.2 Å². The van der Waals surface area contributed by atoms with Crippen molar-refractivity contribution in [2.45, 2.75) is 24.7 Å². The molecule has 4 aromatic carbocycles. The number of anilines is 1. The summed E-state index contributed by atoms with van der Waals surface area (Å²) < 4.78 is 5.61. The van der Waals surface area contributed by atoms with E-state index in [1.807, 2.05) is 18.2 Å². The van der Waals surface area contributed by atoms with Crippen molar-refractivity contribution in [2.24, 2.45) is 0 Å². The second-order valence-corrected chi connectivity index (χ2v) is 9.68. The highest BCUT2D eigenvalue weighted by molar-refractivity contribution is 6.18. The molecule has 1 amide bonds. The number of benzene rings is 4. The van der Waals surface area contributed by atoms with Crippen LogP contribution in [0, 0.1) is 0 Å². The van der Waals surface area contributed by atoms with Gasteiger partial charge in [-0.15, -0.1) is 11.6 Å². The minimum Gasteiger partial charge on any atom is -0.496 e. The zero-order valence-electron chi connectivity index (χ0n) is 19.6. The molecule has 0 spiro atoms. The number of ether oxygens (including phenoxy) is 1. The summed E-state index contributed by atoms with van der Waals surface area (Å²) in [5.74, 6) is 1.22. The van der Waals surface area contributed by atoms with E-state index in [2.05, 4.69) is 72.1 Å². The molecule has 3 nitrogen and oxygen atoms in total. The number of amides is 1. The van der Waals surface area contributed by atoms with E-state index in [0.717, 1.165) is 35.2 Å². The average molecular weight is 480 g/mol. The van der Waals surface area contributed by atoms with Crippen LogP contribution in [0.15, 0.2) is 84.4 Å². The van der Waals surface area contributed by atoms with E-state index in [-0.39, 0.29) is 17.7 Å². The van der Waals surface area contributed by atoms with Crippen LogP contribution < -0.4 is 10.1 Å². The molecule has 2 atom stereocenters. The minimum absolute atomic E-state index is 0.0143. The van der Waals surface area contributed by atoms with Gasteiger partial charge in [-0.05, 0) is 58.2 Å². The smallest absolute Gasteiger partial charge is 0.232 e. The second kappa shape index (κ2) is 8.90. The van der Waals surface area contributed by atoms with Crippen molar-refractivity contribution in [3.05, 3.63) is 112 Å². The molecule has 4 heteroatoms. The van der Waals surface area contributed by atoms with Crippen LogP contribution in [0.1, 0.15) is 39.7 Å². The number of carbonyl (C=O) groups is 1. The van der Waals surface area contributed by atoms with Crippen molar-refractivity contribution in [3.8, 4) is 5.75 Å². The van der Waals surface area contributed by atoms with Gasteiger partial charge in [0.05, 0.1) is 13.0 Å². The number of hydrogen-bond acceptors (Lipinski definition) is 2. The first-order chi connectivity index (χ1) is 17.2. The number of halogens is 1. The first kappa shape index (κ1) is 21.9. The predicted octanol–water partition coefficient (Wildman–Crippen LogP) is 7.09. The lowest BCUT2D eigenvalue weighted by Crippen LogP contribution is -2.20. The molecule has 0 aromatic heterocycles. The van der Waals surface area contributed by atoms with E-state index < -0.39 is 0 Å². The number of methoxy groups -OCH3 is 1. The van der Waals surface area contributed by atoms with Gasteiger partial charge in [-0.3, -0.25) is 4.79 Å². The van der Waals surface area contributed by atoms with Gasteiger partial charge >= 0.3 is 0 Å². The molecule has 2 unspecified atom stereocenters. The largest absolute Gasteiger partial charge is 0.496 e.